The molecule has 0 saturated carbocycles. The number of hydrogen-bond acceptors (Lipinski definition) is 4. The molecular formula is C20H25N3O4S. The topological polar surface area (TPSA) is 104 Å². The van der Waals surface area contributed by atoms with Crippen LogP contribution in [0.15, 0.2) is 48.5 Å². The van der Waals surface area contributed by atoms with Crippen molar-refractivity contribution >= 4 is 33.2 Å². The Bertz CT molecular complexity index is 936. The Hall–Kier alpha value is -2.87. The van der Waals surface area contributed by atoms with Gasteiger partial charge in [-0.05, 0) is 49.2 Å². The van der Waals surface area contributed by atoms with Crippen molar-refractivity contribution in [3.05, 3.63) is 59.7 Å². The average molecular weight is 404 g/mol. The molecular weight excluding hydrogens is 378 g/mol. The van der Waals surface area contributed by atoms with Crippen LogP contribution in [0.3, 0.4) is 0 Å². The summed E-state index contributed by atoms with van der Waals surface area (Å²) in [5.74, 6) is -0.790. The van der Waals surface area contributed by atoms with Crippen LogP contribution in [0.25, 0.3) is 0 Å². The van der Waals surface area contributed by atoms with Gasteiger partial charge in [-0.15, -0.1) is 0 Å². The number of amides is 2. The van der Waals surface area contributed by atoms with E-state index in [0.29, 0.717) is 16.9 Å². The summed E-state index contributed by atoms with van der Waals surface area (Å²) in [7, 11) is -3.37. The molecule has 8 heteroatoms. The molecule has 0 aliphatic carbocycles. The van der Waals surface area contributed by atoms with Gasteiger partial charge in [0.2, 0.25) is 15.9 Å². The van der Waals surface area contributed by atoms with E-state index in [1.165, 1.54) is 0 Å². The van der Waals surface area contributed by atoms with Gasteiger partial charge in [0, 0.05) is 16.9 Å². The number of aryl methyl sites for hydroxylation is 1. The lowest BCUT2D eigenvalue weighted by atomic mass is 10.0. The summed E-state index contributed by atoms with van der Waals surface area (Å²) in [4.78, 5) is 25.1. The van der Waals surface area contributed by atoms with E-state index < -0.39 is 16.1 Å². The standard InChI is InChI=1S/C20H25N3O4S/c1-13(2)18(22-19(24)15-7-5-14(3)6-8-15)20(25)21-16-9-11-17(12-10-16)23-28(4,26)27/h5-13,18,23H,1-4H3,(H,21,25)(H,22,24). The maximum atomic E-state index is 12.7. The fourth-order valence-electron chi connectivity index (χ4n) is 2.52. The molecule has 0 radical (unpaired) electrons. The van der Waals surface area contributed by atoms with Crippen LogP contribution in [0.2, 0.25) is 0 Å². The lowest BCUT2D eigenvalue weighted by Crippen LogP contribution is -2.47. The third-order valence-electron chi connectivity index (χ3n) is 4.01. The summed E-state index contributed by atoms with van der Waals surface area (Å²) < 4.78 is 24.8. The Morgan fingerprint density at radius 3 is 1.93 bits per heavy atom. The SMILES string of the molecule is Cc1ccc(C(=O)NC(C(=O)Nc2ccc(NS(C)(=O)=O)cc2)C(C)C)cc1. The molecule has 2 aromatic carbocycles. The van der Waals surface area contributed by atoms with Gasteiger partial charge in [0.15, 0.2) is 0 Å². The third kappa shape index (κ3) is 6.38. The van der Waals surface area contributed by atoms with Crippen molar-refractivity contribution in [1.82, 2.24) is 5.32 Å². The number of carbonyl (C=O) groups is 2. The molecule has 0 spiro atoms. The van der Waals surface area contributed by atoms with E-state index in [1.54, 1.807) is 36.4 Å². The van der Waals surface area contributed by atoms with Crippen LogP contribution in [0.4, 0.5) is 11.4 Å². The van der Waals surface area contributed by atoms with Gasteiger partial charge in [-0.25, -0.2) is 8.42 Å². The number of benzene rings is 2. The van der Waals surface area contributed by atoms with Crippen LogP contribution < -0.4 is 15.4 Å². The smallest absolute Gasteiger partial charge is 0.251 e. The molecule has 2 rings (SSSR count). The summed E-state index contributed by atoms with van der Waals surface area (Å²) >= 11 is 0. The highest BCUT2D eigenvalue weighted by atomic mass is 32.2. The number of hydrogen-bond donors (Lipinski definition) is 3. The normalized spacial score (nSPS) is 12.3. The first-order valence-electron chi connectivity index (χ1n) is 8.81. The van der Waals surface area contributed by atoms with E-state index in [-0.39, 0.29) is 17.7 Å². The number of anilines is 2. The van der Waals surface area contributed by atoms with Crippen molar-refractivity contribution in [3.63, 3.8) is 0 Å². The molecule has 0 heterocycles. The van der Waals surface area contributed by atoms with Crippen molar-refractivity contribution < 1.29 is 18.0 Å². The zero-order valence-electron chi connectivity index (χ0n) is 16.3. The van der Waals surface area contributed by atoms with E-state index in [2.05, 4.69) is 15.4 Å². The molecule has 0 saturated heterocycles. The van der Waals surface area contributed by atoms with Gasteiger partial charge in [-0.1, -0.05) is 31.5 Å². The van der Waals surface area contributed by atoms with Gasteiger partial charge in [-0.3, -0.25) is 14.3 Å². The quantitative estimate of drug-likeness (QED) is 0.661. The Morgan fingerprint density at radius 2 is 1.43 bits per heavy atom. The first-order chi connectivity index (χ1) is 13.0. The maximum absolute atomic E-state index is 12.7. The predicted octanol–water partition coefficient (Wildman–Crippen LogP) is 2.76. The van der Waals surface area contributed by atoms with E-state index in [1.807, 2.05) is 32.9 Å². The fraction of sp³-hybridized carbons (Fsp3) is 0.300. The fourth-order valence-corrected chi connectivity index (χ4v) is 3.08. The van der Waals surface area contributed by atoms with E-state index in [9.17, 15) is 18.0 Å². The number of nitrogens with one attached hydrogen (secondary N) is 3. The highest BCUT2D eigenvalue weighted by Gasteiger charge is 2.24. The van der Waals surface area contributed by atoms with Crippen LogP contribution in [0.5, 0.6) is 0 Å². The second-order valence-corrected chi connectivity index (χ2v) is 8.75. The minimum absolute atomic E-state index is 0.124. The van der Waals surface area contributed by atoms with Crippen molar-refractivity contribution in [2.45, 2.75) is 26.8 Å². The third-order valence-corrected chi connectivity index (χ3v) is 4.61. The molecule has 0 aliphatic heterocycles. The molecule has 7 nitrogen and oxygen atoms in total. The molecule has 2 amide bonds. The first-order valence-corrected chi connectivity index (χ1v) is 10.7. The molecule has 0 aromatic heterocycles. The molecule has 0 aliphatic rings. The van der Waals surface area contributed by atoms with E-state index >= 15 is 0 Å². The van der Waals surface area contributed by atoms with Crippen LogP contribution in [-0.4, -0.2) is 32.5 Å². The summed E-state index contributed by atoms with van der Waals surface area (Å²) in [5.41, 5.74) is 2.43. The maximum Gasteiger partial charge on any atom is 0.251 e. The molecule has 150 valence electrons. The molecule has 0 bridgehead atoms. The van der Waals surface area contributed by atoms with Crippen LogP contribution in [-0.2, 0) is 14.8 Å². The lowest BCUT2D eigenvalue weighted by molar-refractivity contribution is -0.118. The van der Waals surface area contributed by atoms with E-state index in [0.717, 1.165) is 11.8 Å². The summed E-state index contributed by atoms with van der Waals surface area (Å²) in [6.07, 6.45) is 1.06. The summed E-state index contributed by atoms with van der Waals surface area (Å²) in [6.45, 7) is 5.63. The Kier molecular flexibility index (Phi) is 6.80. The molecule has 0 fully saturated rings. The van der Waals surface area contributed by atoms with Crippen LogP contribution >= 0.6 is 0 Å². The number of rotatable bonds is 7. The molecule has 1 unspecified atom stereocenters. The lowest BCUT2D eigenvalue weighted by Gasteiger charge is -2.22. The van der Waals surface area contributed by atoms with Crippen molar-refractivity contribution in [3.8, 4) is 0 Å². The second-order valence-electron chi connectivity index (χ2n) is 7.00. The second kappa shape index (κ2) is 8.88. The largest absolute Gasteiger partial charge is 0.340 e. The first kappa shape index (κ1) is 21.4. The summed E-state index contributed by atoms with van der Waals surface area (Å²) in [6, 6.07) is 12.7. The van der Waals surface area contributed by atoms with Crippen molar-refractivity contribution in [1.29, 1.82) is 0 Å². The van der Waals surface area contributed by atoms with Crippen molar-refractivity contribution in [2.75, 3.05) is 16.3 Å². The van der Waals surface area contributed by atoms with Crippen molar-refractivity contribution in [2.24, 2.45) is 5.92 Å². The van der Waals surface area contributed by atoms with Gasteiger partial charge >= 0.3 is 0 Å². The minimum atomic E-state index is -3.37. The van der Waals surface area contributed by atoms with Gasteiger partial charge < -0.3 is 10.6 Å². The van der Waals surface area contributed by atoms with E-state index in [4.69, 9.17) is 0 Å². The van der Waals surface area contributed by atoms with Gasteiger partial charge in [0.1, 0.15) is 6.04 Å². The molecule has 2 aromatic rings. The molecule has 3 N–H and O–H groups in total. The van der Waals surface area contributed by atoms with Gasteiger partial charge in [0.05, 0.1) is 6.26 Å². The zero-order chi connectivity index (χ0) is 20.9. The van der Waals surface area contributed by atoms with Crippen LogP contribution in [0.1, 0.15) is 29.8 Å². The number of sulfonamides is 1. The van der Waals surface area contributed by atoms with Gasteiger partial charge in [0.25, 0.3) is 5.91 Å². The highest BCUT2D eigenvalue weighted by molar-refractivity contribution is 7.92. The average Bonchev–Trinajstić information content (AvgIpc) is 2.60. The minimum Gasteiger partial charge on any atom is -0.340 e. The Balaban J connectivity index is 2.06. The number of carbonyl (C=O) groups excluding carboxylic acids is 2. The van der Waals surface area contributed by atoms with Crippen LogP contribution in [0, 0.1) is 12.8 Å². The highest BCUT2D eigenvalue weighted by Crippen LogP contribution is 2.16. The Morgan fingerprint density at radius 1 is 0.893 bits per heavy atom. The Labute approximate surface area is 165 Å². The zero-order valence-corrected chi connectivity index (χ0v) is 17.1. The van der Waals surface area contributed by atoms with Gasteiger partial charge in [-0.2, -0.15) is 0 Å². The summed E-state index contributed by atoms with van der Waals surface area (Å²) in [5, 5.41) is 5.52. The molecule has 1 atom stereocenters. The monoisotopic (exact) mass is 403 g/mol. The predicted molar refractivity (Wildman–Crippen MR) is 111 cm³/mol. The molecule has 28 heavy (non-hydrogen) atoms.